The van der Waals surface area contributed by atoms with Crippen LogP contribution in [-0.4, -0.2) is 38.6 Å². The molecule has 0 saturated carbocycles. The van der Waals surface area contributed by atoms with Crippen molar-refractivity contribution in [3.63, 3.8) is 0 Å². The molecule has 1 aromatic rings. The summed E-state index contributed by atoms with van der Waals surface area (Å²) in [5.41, 5.74) is 0. The average molecular weight is 254 g/mol. The fourth-order valence-electron chi connectivity index (χ4n) is 1.32. The standard InChI is InChI=1S/C12H18N2O4/c1-17-8-3-6-13-11(15)5-7-14-12(16)10-4-2-9-18-10/h2,4,9H,3,5-8H2,1H3,(H,13,15)(H,14,16). The van der Waals surface area contributed by atoms with E-state index in [0.29, 0.717) is 13.2 Å². The van der Waals surface area contributed by atoms with Crippen molar-refractivity contribution in [3.05, 3.63) is 24.2 Å². The predicted octanol–water partition coefficient (Wildman–Crippen LogP) is 0.552. The van der Waals surface area contributed by atoms with E-state index >= 15 is 0 Å². The minimum atomic E-state index is -0.313. The van der Waals surface area contributed by atoms with Gasteiger partial charge in [-0.25, -0.2) is 0 Å². The molecule has 1 rings (SSSR count). The highest BCUT2D eigenvalue weighted by Gasteiger charge is 2.08. The molecular formula is C12H18N2O4. The Morgan fingerprint density at radius 2 is 2.17 bits per heavy atom. The van der Waals surface area contributed by atoms with E-state index in [9.17, 15) is 9.59 Å². The van der Waals surface area contributed by atoms with E-state index < -0.39 is 0 Å². The first-order chi connectivity index (χ1) is 8.74. The molecule has 0 aliphatic rings. The van der Waals surface area contributed by atoms with Gasteiger partial charge in [0, 0.05) is 33.2 Å². The highest BCUT2D eigenvalue weighted by atomic mass is 16.5. The van der Waals surface area contributed by atoms with E-state index in [4.69, 9.17) is 9.15 Å². The highest BCUT2D eigenvalue weighted by Crippen LogP contribution is 1.98. The van der Waals surface area contributed by atoms with E-state index in [1.54, 1.807) is 19.2 Å². The van der Waals surface area contributed by atoms with Gasteiger partial charge in [0.25, 0.3) is 5.91 Å². The molecule has 2 N–H and O–H groups in total. The Morgan fingerprint density at radius 1 is 1.33 bits per heavy atom. The van der Waals surface area contributed by atoms with Crippen LogP contribution in [0.15, 0.2) is 22.8 Å². The van der Waals surface area contributed by atoms with Crippen LogP contribution in [0.25, 0.3) is 0 Å². The summed E-state index contributed by atoms with van der Waals surface area (Å²) < 4.78 is 9.78. The lowest BCUT2D eigenvalue weighted by Crippen LogP contribution is -2.31. The molecule has 0 bridgehead atoms. The van der Waals surface area contributed by atoms with Gasteiger partial charge in [-0.1, -0.05) is 0 Å². The number of methoxy groups -OCH3 is 1. The van der Waals surface area contributed by atoms with E-state index in [1.165, 1.54) is 6.26 Å². The zero-order valence-electron chi connectivity index (χ0n) is 10.4. The Bertz CT molecular complexity index is 362. The molecule has 1 aromatic heterocycles. The second-order valence-corrected chi connectivity index (χ2v) is 3.68. The van der Waals surface area contributed by atoms with Crippen molar-refractivity contribution in [1.82, 2.24) is 10.6 Å². The van der Waals surface area contributed by atoms with Crippen LogP contribution in [0.2, 0.25) is 0 Å². The number of carbonyl (C=O) groups excluding carboxylic acids is 2. The monoisotopic (exact) mass is 254 g/mol. The number of amides is 2. The summed E-state index contributed by atoms with van der Waals surface area (Å²) in [6.07, 6.45) is 2.46. The largest absolute Gasteiger partial charge is 0.459 e. The summed E-state index contributed by atoms with van der Waals surface area (Å²) >= 11 is 0. The van der Waals surface area contributed by atoms with E-state index in [2.05, 4.69) is 10.6 Å². The highest BCUT2D eigenvalue weighted by molar-refractivity contribution is 5.91. The predicted molar refractivity (Wildman–Crippen MR) is 65.2 cm³/mol. The number of hydrogen-bond acceptors (Lipinski definition) is 4. The molecule has 0 aliphatic heterocycles. The van der Waals surface area contributed by atoms with E-state index in [0.717, 1.165) is 6.42 Å². The van der Waals surface area contributed by atoms with Crippen LogP contribution in [0.4, 0.5) is 0 Å². The van der Waals surface area contributed by atoms with Gasteiger partial charge in [0.2, 0.25) is 5.91 Å². The number of furan rings is 1. The van der Waals surface area contributed by atoms with Crippen molar-refractivity contribution >= 4 is 11.8 Å². The maximum absolute atomic E-state index is 11.4. The van der Waals surface area contributed by atoms with Gasteiger partial charge in [0.15, 0.2) is 5.76 Å². The topological polar surface area (TPSA) is 80.6 Å². The number of hydrogen-bond donors (Lipinski definition) is 2. The number of ether oxygens (including phenoxy) is 1. The van der Waals surface area contributed by atoms with Gasteiger partial charge in [-0.05, 0) is 18.6 Å². The van der Waals surface area contributed by atoms with Gasteiger partial charge >= 0.3 is 0 Å². The van der Waals surface area contributed by atoms with Crippen LogP contribution in [0.1, 0.15) is 23.4 Å². The van der Waals surface area contributed by atoms with Gasteiger partial charge < -0.3 is 19.8 Å². The third kappa shape index (κ3) is 5.49. The van der Waals surface area contributed by atoms with Gasteiger partial charge in [-0.2, -0.15) is 0 Å². The zero-order valence-corrected chi connectivity index (χ0v) is 10.4. The maximum Gasteiger partial charge on any atom is 0.286 e. The molecule has 2 amide bonds. The van der Waals surface area contributed by atoms with Crippen LogP contribution in [0.5, 0.6) is 0 Å². The number of rotatable bonds is 8. The smallest absolute Gasteiger partial charge is 0.286 e. The van der Waals surface area contributed by atoms with E-state index in [1.807, 2.05) is 0 Å². The Labute approximate surface area is 106 Å². The molecule has 0 aliphatic carbocycles. The van der Waals surface area contributed by atoms with Crippen LogP contribution in [0, 0.1) is 0 Å². The molecule has 0 aromatic carbocycles. The fraction of sp³-hybridized carbons (Fsp3) is 0.500. The Balaban J connectivity index is 2.07. The molecule has 6 nitrogen and oxygen atoms in total. The summed E-state index contributed by atoms with van der Waals surface area (Å²) in [4.78, 5) is 22.8. The molecule has 0 atom stereocenters. The molecular weight excluding hydrogens is 236 g/mol. The Kier molecular flexibility index (Phi) is 6.56. The minimum absolute atomic E-state index is 0.0918. The lowest BCUT2D eigenvalue weighted by molar-refractivity contribution is -0.120. The van der Waals surface area contributed by atoms with Crippen LogP contribution < -0.4 is 10.6 Å². The summed E-state index contributed by atoms with van der Waals surface area (Å²) in [7, 11) is 1.62. The van der Waals surface area contributed by atoms with Gasteiger partial charge in [0.1, 0.15) is 0 Å². The van der Waals surface area contributed by atoms with Gasteiger partial charge in [0.05, 0.1) is 6.26 Å². The van der Waals surface area contributed by atoms with Crippen molar-refractivity contribution in [3.8, 4) is 0 Å². The molecule has 0 saturated heterocycles. The number of carbonyl (C=O) groups is 2. The second-order valence-electron chi connectivity index (χ2n) is 3.68. The second kappa shape index (κ2) is 8.30. The third-order valence-electron chi connectivity index (χ3n) is 2.23. The first kappa shape index (κ1) is 14.2. The molecule has 0 spiro atoms. The third-order valence-corrected chi connectivity index (χ3v) is 2.23. The van der Waals surface area contributed by atoms with E-state index in [-0.39, 0.29) is 30.5 Å². The van der Waals surface area contributed by atoms with Gasteiger partial charge in [-0.3, -0.25) is 9.59 Å². The van der Waals surface area contributed by atoms with Crippen molar-refractivity contribution in [2.45, 2.75) is 12.8 Å². The Morgan fingerprint density at radius 3 is 2.83 bits per heavy atom. The van der Waals surface area contributed by atoms with Crippen LogP contribution in [-0.2, 0) is 9.53 Å². The lowest BCUT2D eigenvalue weighted by Gasteiger charge is -2.05. The quantitative estimate of drug-likeness (QED) is 0.664. The minimum Gasteiger partial charge on any atom is -0.459 e. The maximum atomic E-state index is 11.4. The fourth-order valence-corrected chi connectivity index (χ4v) is 1.32. The zero-order chi connectivity index (χ0) is 13.2. The van der Waals surface area contributed by atoms with Crippen molar-refractivity contribution < 1.29 is 18.7 Å². The van der Waals surface area contributed by atoms with Crippen molar-refractivity contribution in [2.24, 2.45) is 0 Å². The lowest BCUT2D eigenvalue weighted by atomic mass is 10.3. The summed E-state index contributed by atoms with van der Waals surface area (Å²) in [6, 6.07) is 3.21. The normalized spacial score (nSPS) is 10.1. The molecule has 18 heavy (non-hydrogen) atoms. The Hall–Kier alpha value is -1.82. The molecule has 100 valence electrons. The first-order valence-electron chi connectivity index (χ1n) is 5.81. The molecule has 0 radical (unpaired) electrons. The summed E-state index contributed by atoms with van der Waals surface area (Å²) in [5.74, 6) is -0.159. The first-order valence-corrected chi connectivity index (χ1v) is 5.81. The van der Waals surface area contributed by atoms with Gasteiger partial charge in [-0.15, -0.1) is 0 Å². The molecule has 1 heterocycles. The molecule has 0 unspecified atom stereocenters. The molecule has 6 heteroatoms. The summed E-state index contributed by atoms with van der Waals surface area (Å²) in [5, 5.41) is 5.33. The summed E-state index contributed by atoms with van der Waals surface area (Å²) in [6.45, 7) is 1.49. The average Bonchev–Trinajstić information content (AvgIpc) is 2.88. The number of nitrogens with one attached hydrogen (secondary N) is 2. The van der Waals surface area contributed by atoms with Crippen molar-refractivity contribution in [1.29, 1.82) is 0 Å². The van der Waals surface area contributed by atoms with Crippen LogP contribution in [0.3, 0.4) is 0 Å². The molecule has 0 fully saturated rings. The van der Waals surface area contributed by atoms with Crippen molar-refractivity contribution in [2.75, 3.05) is 26.8 Å². The van der Waals surface area contributed by atoms with Crippen LogP contribution >= 0.6 is 0 Å². The SMILES string of the molecule is COCCCNC(=O)CCNC(=O)c1ccco1.